The molecule has 1 aromatic carbocycles. The second kappa shape index (κ2) is 10.3. The van der Waals surface area contributed by atoms with Crippen LogP contribution in [-0.4, -0.2) is 43.0 Å². The SMILES string of the molecule is O=C(COCc1ccccc1Cl)NCCC(=O)N1CCCCCC1. The number of benzene rings is 1. The maximum absolute atomic E-state index is 12.1. The summed E-state index contributed by atoms with van der Waals surface area (Å²) in [5.41, 5.74) is 0.850. The lowest BCUT2D eigenvalue weighted by Gasteiger charge is -2.20. The van der Waals surface area contributed by atoms with Crippen molar-refractivity contribution in [2.75, 3.05) is 26.2 Å². The Kier molecular flexibility index (Phi) is 8.05. The van der Waals surface area contributed by atoms with Gasteiger partial charge in [0.25, 0.3) is 0 Å². The first-order valence-electron chi connectivity index (χ1n) is 8.52. The largest absolute Gasteiger partial charge is 0.367 e. The summed E-state index contributed by atoms with van der Waals surface area (Å²) in [6.45, 7) is 2.29. The van der Waals surface area contributed by atoms with E-state index in [-0.39, 0.29) is 18.4 Å². The average Bonchev–Trinajstić information content (AvgIpc) is 2.86. The minimum absolute atomic E-state index is 0.0386. The number of halogens is 1. The molecule has 2 amide bonds. The molecule has 1 aliphatic rings. The lowest BCUT2D eigenvalue weighted by Crippen LogP contribution is -2.36. The number of carbonyl (C=O) groups is 2. The highest BCUT2D eigenvalue weighted by molar-refractivity contribution is 6.31. The topological polar surface area (TPSA) is 58.6 Å². The first-order chi connectivity index (χ1) is 11.7. The molecule has 0 unspecified atom stereocenters. The van der Waals surface area contributed by atoms with Crippen LogP contribution in [0.25, 0.3) is 0 Å². The summed E-state index contributed by atoms with van der Waals surface area (Å²) in [5.74, 6) is -0.0973. The van der Waals surface area contributed by atoms with E-state index in [1.54, 1.807) is 6.07 Å². The summed E-state index contributed by atoms with van der Waals surface area (Å²) >= 11 is 6.02. The lowest BCUT2D eigenvalue weighted by atomic mass is 10.2. The first-order valence-corrected chi connectivity index (χ1v) is 8.90. The summed E-state index contributed by atoms with van der Waals surface area (Å²) in [6.07, 6.45) is 4.89. The molecule has 0 aromatic heterocycles. The molecule has 1 aromatic rings. The van der Waals surface area contributed by atoms with Gasteiger partial charge in [-0.15, -0.1) is 0 Å². The molecular formula is C18H25ClN2O3. The van der Waals surface area contributed by atoms with Crippen molar-refractivity contribution in [1.82, 2.24) is 10.2 Å². The van der Waals surface area contributed by atoms with Crippen molar-refractivity contribution in [2.24, 2.45) is 0 Å². The van der Waals surface area contributed by atoms with Crippen molar-refractivity contribution >= 4 is 23.4 Å². The van der Waals surface area contributed by atoms with E-state index in [9.17, 15) is 9.59 Å². The number of rotatable bonds is 7. The highest BCUT2D eigenvalue weighted by Gasteiger charge is 2.15. The minimum atomic E-state index is -0.217. The molecule has 24 heavy (non-hydrogen) atoms. The molecular weight excluding hydrogens is 328 g/mol. The second-order valence-electron chi connectivity index (χ2n) is 5.98. The number of hydrogen-bond donors (Lipinski definition) is 1. The zero-order valence-electron chi connectivity index (χ0n) is 13.9. The molecule has 0 saturated carbocycles. The van der Waals surface area contributed by atoms with Gasteiger partial charge >= 0.3 is 0 Å². The van der Waals surface area contributed by atoms with Gasteiger partial charge in [-0.05, 0) is 24.5 Å². The summed E-state index contributed by atoms with van der Waals surface area (Å²) in [6, 6.07) is 7.37. The third-order valence-electron chi connectivity index (χ3n) is 4.07. The molecule has 2 rings (SSSR count). The molecule has 0 radical (unpaired) electrons. The molecule has 1 N–H and O–H groups in total. The Morgan fingerprint density at radius 1 is 1.12 bits per heavy atom. The van der Waals surface area contributed by atoms with Crippen LogP contribution in [0.4, 0.5) is 0 Å². The number of ether oxygens (including phenoxy) is 1. The summed E-state index contributed by atoms with van der Waals surface area (Å²) < 4.78 is 5.36. The van der Waals surface area contributed by atoms with Crippen LogP contribution in [0.1, 0.15) is 37.7 Å². The van der Waals surface area contributed by atoms with Crippen LogP contribution in [0.3, 0.4) is 0 Å². The number of amides is 2. The highest BCUT2D eigenvalue weighted by Crippen LogP contribution is 2.15. The minimum Gasteiger partial charge on any atom is -0.367 e. The Hall–Kier alpha value is -1.59. The Morgan fingerprint density at radius 3 is 2.54 bits per heavy atom. The van der Waals surface area contributed by atoms with Gasteiger partial charge in [0, 0.05) is 31.1 Å². The normalized spacial score (nSPS) is 15.0. The maximum atomic E-state index is 12.1. The molecule has 6 heteroatoms. The monoisotopic (exact) mass is 352 g/mol. The quantitative estimate of drug-likeness (QED) is 0.820. The average molecular weight is 353 g/mol. The first kappa shape index (κ1) is 18.7. The molecule has 0 aliphatic carbocycles. The Balaban J connectivity index is 1.59. The van der Waals surface area contributed by atoms with E-state index in [1.807, 2.05) is 23.1 Å². The van der Waals surface area contributed by atoms with E-state index in [4.69, 9.17) is 16.3 Å². The van der Waals surface area contributed by atoms with Gasteiger partial charge in [0.15, 0.2) is 0 Å². The van der Waals surface area contributed by atoms with Crippen molar-refractivity contribution in [3.05, 3.63) is 34.9 Å². The molecule has 1 fully saturated rings. The van der Waals surface area contributed by atoms with E-state index in [2.05, 4.69) is 5.32 Å². The van der Waals surface area contributed by atoms with Crippen LogP contribution in [0, 0.1) is 0 Å². The fraction of sp³-hybridized carbons (Fsp3) is 0.556. The van der Waals surface area contributed by atoms with Crippen molar-refractivity contribution in [3.63, 3.8) is 0 Å². The molecule has 1 heterocycles. The predicted octanol–water partition coefficient (Wildman–Crippen LogP) is 2.77. The van der Waals surface area contributed by atoms with E-state index < -0.39 is 0 Å². The number of carbonyl (C=O) groups excluding carboxylic acids is 2. The van der Waals surface area contributed by atoms with Gasteiger partial charge in [0.05, 0.1) is 6.61 Å². The number of likely N-dealkylation sites (tertiary alicyclic amines) is 1. The molecule has 0 spiro atoms. The fourth-order valence-electron chi connectivity index (χ4n) is 2.71. The summed E-state index contributed by atoms with van der Waals surface area (Å²) in [5, 5.41) is 3.35. The van der Waals surface area contributed by atoms with Crippen LogP contribution in [0.15, 0.2) is 24.3 Å². The zero-order valence-corrected chi connectivity index (χ0v) is 14.7. The molecule has 0 bridgehead atoms. The van der Waals surface area contributed by atoms with Gasteiger partial charge < -0.3 is 15.0 Å². The Bertz CT molecular complexity index is 543. The fourth-order valence-corrected chi connectivity index (χ4v) is 2.90. The van der Waals surface area contributed by atoms with Crippen molar-refractivity contribution < 1.29 is 14.3 Å². The standard InChI is InChI=1S/C18H25ClN2O3/c19-16-8-4-3-7-15(16)13-24-14-17(22)20-10-9-18(23)21-11-5-1-2-6-12-21/h3-4,7-8H,1-2,5-6,9-14H2,(H,20,22). The van der Waals surface area contributed by atoms with Gasteiger partial charge in [-0.1, -0.05) is 42.6 Å². The van der Waals surface area contributed by atoms with Crippen LogP contribution in [0.2, 0.25) is 5.02 Å². The summed E-state index contributed by atoms with van der Waals surface area (Å²) in [7, 11) is 0. The number of nitrogens with one attached hydrogen (secondary N) is 1. The van der Waals surface area contributed by atoms with E-state index in [0.29, 0.717) is 24.6 Å². The van der Waals surface area contributed by atoms with E-state index in [0.717, 1.165) is 31.5 Å². The van der Waals surface area contributed by atoms with Crippen molar-refractivity contribution in [3.8, 4) is 0 Å². The van der Waals surface area contributed by atoms with Gasteiger partial charge in [0.1, 0.15) is 6.61 Å². The Labute approximate surface area is 148 Å². The summed E-state index contributed by atoms with van der Waals surface area (Å²) in [4.78, 5) is 25.7. The Morgan fingerprint density at radius 2 is 1.83 bits per heavy atom. The second-order valence-corrected chi connectivity index (χ2v) is 6.39. The van der Waals surface area contributed by atoms with Crippen LogP contribution in [0.5, 0.6) is 0 Å². The van der Waals surface area contributed by atoms with Crippen molar-refractivity contribution in [2.45, 2.75) is 38.7 Å². The molecule has 0 atom stereocenters. The molecule has 132 valence electrons. The van der Waals surface area contributed by atoms with Crippen LogP contribution in [-0.2, 0) is 20.9 Å². The highest BCUT2D eigenvalue weighted by atomic mass is 35.5. The van der Waals surface area contributed by atoms with Gasteiger partial charge in [-0.25, -0.2) is 0 Å². The lowest BCUT2D eigenvalue weighted by molar-refractivity contribution is -0.131. The van der Waals surface area contributed by atoms with Gasteiger partial charge in [-0.3, -0.25) is 9.59 Å². The third-order valence-corrected chi connectivity index (χ3v) is 4.44. The van der Waals surface area contributed by atoms with Crippen LogP contribution < -0.4 is 5.32 Å². The molecule has 1 saturated heterocycles. The van der Waals surface area contributed by atoms with E-state index >= 15 is 0 Å². The molecule has 1 aliphatic heterocycles. The zero-order chi connectivity index (χ0) is 17.2. The van der Waals surface area contributed by atoms with E-state index in [1.165, 1.54) is 12.8 Å². The third kappa shape index (κ3) is 6.49. The number of nitrogens with zero attached hydrogens (tertiary/aromatic N) is 1. The van der Waals surface area contributed by atoms with Gasteiger partial charge in [0.2, 0.25) is 11.8 Å². The predicted molar refractivity (Wildman–Crippen MR) is 93.8 cm³/mol. The van der Waals surface area contributed by atoms with Crippen LogP contribution >= 0.6 is 11.6 Å². The number of hydrogen-bond acceptors (Lipinski definition) is 3. The maximum Gasteiger partial charge on any atom is 0.246 e. The smallest absolute Gasteiger partial charge is 0.246 e. The van der Waals surface area contributed by atoms with Gasteiger partial charge in [-0.2, -0.15) is 0 Å². The van der Waals surface area contributed by atoms with Crippen molar-refractivity contribution in [1.29, 1.82) is 0 Å². The molecule has 5 nitrogen and oxygen atoms in total.